The molecule has 1 aliphatic rings. The van der Waals surface area contributed by atoms with Crippen LogP contribution in [0.1, 0.15) is 6.42 Å². The van der Waals surface area contributed by atoms with E-state index in [1.807, 2.05) is 0 Å². The SMILES string of the molecule is NC1CCN(S(=O)(=O)c2cccc(Cl)c2F)C1. The molecule has 1 aromatic rings. The molecule has 0 saturated carbocycles. The molecule has 2 N–H and O–H groups in total. The first-order chi connectivity index (χ1) is 7.93. The van der Waals surface area contributed by atoms with Crippen molar-refractivity contribution in [2.24, 2.45) is 5.73 Å². The number of nitrogens with zero attached hydrogens (tertiary/aromatic N) is 1. The molecule has 0 spiro atoms. The van der Waals surface area contributed by atoms with Gasteiger partial charge in [0.05, 0.1) is 5.02 Å². The Bertz CT molecular complexity index is 535. The standard InChI is InChI=1S/C10H12ClFN2O2S/c11-8-2-1-3-9(10(8)12)17(15,16)14-5-4-7(13)6-14/h1-3,7H,4-6,13H2. The van der Waals surface area contributed by atoms with E-state index in [1.165, 1.54) is 22.5 Å². The molecular weight excluding hydrogens is 267 g/mol. The zero-order valence-electron chi connectivity index (χ0n) is 8.94. The second kappa shape index (κ2) is 4.53. The lowest BCUT2D eigenvalue weighted by atomic mass is 10.3. The topological polar surface area (TPSA) is 63.4 Å². The van der Waals surface area contributed by atoms with E-state index in [2.05, 4.69) is 0 Å². The highest BCUT2D eigenvalue weighted by atomic mass is 35.5. The van der Waals surface area contributed by atoms with Crippen molar-refractivity contribution in [3.05, 3.63) is 29.0 Å². The van der Waals surface area contributed by atoms with E-state index in [9.17, 15) is 12.8 Å². The molecule has 0 aromatic heterocycles. The van der Waals surface area contributed by atoms with E-state index >= 15 is 0 Å². The first kappa shape index (κ1) is 12.8. The van der Waals surface area contributed by atoms with Crippen molar-refractivity contribution in [3.63, 3.8) is 0 Å². The average molecular weight is 279 g/mol. The Morgan fingerprint density at radius 3 is 2.76 bits per heavy atom. The number of rotatable bonds is 2. The second-order valence-electron chi connectivity index (χ2n) is 3.96. The first-order valence-electron chi connectivity index (χ1n) is 5.12. The maximum absolute atomic E-state index is 13.7. The highest BCUT2D eigenvalue weighted by Gasteiger charge is 2.33. The van der Waals surface area contributed by atoms with Crippen LogP contribution >= 0.6 is 11.6 Å². The zero-order valence-corrected chi connectivity index (χ0v) is 10.5. The van der Waals surface area contributed by atoms with Crippen LogP contribution in [0.25, 0.3) is 0 Å². The second-order valence-corrected chi connectivity index (χ2v) is 6.28. The molecule has 1 aromatic carbocycles. The van der Waals surface area contributed by atoms with E-state index in [0.717, 1.165) is 0 Å². The molecule has 1 unspecified atom stereocenters. The fourth-order valence-electron chi connectivity index (χ4n) is 1.79. The number of halogens is 2. The average Bonchev–Trinajstić information content (AvgIpc) is 2.69. The molecule has 0 bridgehead atoms. The van der Waals surface area contributed by atoms with Crippen LogP contribution in [-0.2, 0) is 10.0 Å². The summed E-state index contributed by atoms with van der Waals surface area (Å²) in [5.74, 6) is -0.908. The van der Waals surface area contributed by atoms with Crippen molar-refractivity contribution in [2.45, 2.75) is 17.4 Å². The van der Waals surface area contributed by atoms with E-state index < -0.39 is 15.8 Å². The number of hydrogen-bond acceptors (Lipinski definition) is 3. The molecule has 1 heterocycles. The van der Waals surface area contributed by atoms with Crippen LogP contribution in [0.5, 0.6) is 0 Å². The maximum Gasteiger partial charge on any atom is 0.246 e. The van der Waals surface area contributed by atoms with Gasteiger partial charge < -0.3 is 5.73 Å². The normalized spacial score (nSPS) is 21.9. The lowest BCUT2D eigenvalue weighted by Crippen LogP contribution is -2.32. The Morgan fingerprint density at radius 2 is 2.18 bits per heavy atom. The van der Waals surface area contributed by atoms with Gasteiger partial charge in [-0.3, -0.25) is 0 Å². The minimum absolute atomic E-state index is 0.188. The summed E-state index contributed by atoms with van der Waals surface area (Å²) in [4.78, 5) is -0.390. The lowest BCUT2D eigenvalue weighted by molar-refractivity contribution is 0.465. The summed E-state index contributed by atoms with van der Waals surface area (Å²) in [5.41, 5.74) is 5.64. The summed E-state index contributed by atoms with van der Waals surface area (Å²) >= 11 is 5.57. The number of hydrogen-bond donors (Lipinski definition) is 1. The third kappa shape index (κ3) is 2.30. The van der Waals surface area contributed by atoms with Gasteiger partial charge in [0.25, 0.3) is 0 Å². The van der Waals surface area contributed by atoms with Gasteiger partial charge in [-0.15, -0.1) is 0 Å². The summed E-state index contributed by atoms with van der Waals surface area (Å²) in [6.07, 6.45) is 0.585. The van der Waals surface area contributed by atoms with Crippen molar-refractivity contribution in [2.75, 3.05) is 13.1 Å². The van der Waals surface area contributed by atoms with Gasteiger partial charge in [-0.25, -0.2) is 12.8 Å². The molecule has 0 aliphatic carbocycles. The third-order valence-electron chi connectivity index (χ3n) is 2.72. The Labute approximate surface area is 104 Å². The van der Waals surface area contributed by atoms with Crippen LogP contribution in [0.3, 0.4) is 0 Å². The fourth-order valence-corrected chi connectivity index (χ4v) is 3.62. The molecule has 17 heavy (non-hydrogen) atoms. The van der Waals surface area contributed by atoms with E-state index in [4.69, 9.17) is 17.3 Å². The molecule has 0 amide bonds. The molecular formula is C10H12ClFN2O2S. The van der Waals surface area contributed by atoms with Gasteiger partial charge in [-0.1, -0.05) is 17.7 Å². The Hall–Kier alpha value is -0.690. The van der Waals surface area contributed by atoms with Crippen molar-refractivity contribution in [3.8, 4) is 0 Å². The fraction of sp³-hybridized carbons (Fsp3) is 0.400. The summed E-state index contributed by atoms with van der Waals surface area (Å²) in [6.45, 7) is 0.531. The van der Waals surface area contributed by atoms with Crippen molar-refractivity contribution < 1.29 is 12.8 Å². The molecule has 1 atom stereocenters. The molecule has 2 rings (SSSR count). The van der Waals surface area contributed by atoms with E-state index in [0.29, 0.717) is 13.0 Å². The van der Waals surface area contributed by atoms with Crippen molar-refractivity contribution in [1.29, 1.82) is 0 Å². The van der Waals surface area contributed by atoms with Crippen molar-refractivity contribution >= 4 is 21.6 Å². The zero-order chi connectivity index (χ0) is 12.6. The monoisotopic (exact) mass is 278 g/mol. The van der Waals surface area contributed by atoms with Gasteiger partial charge in [0.15, 0.2) is 5.82 Å². The molecule has 0 radical (unpaired) electrons. The largest absolute Gasteiger partial charge is 0.326 e. The van der Waals surface area contributed by atoms with Gasteiger partial charge in [-0.2, -0.15) is 4.31 Å². The third-order valence-corrected chi connectivity index (χ3v) is 4.90. The van der Waals surface area contributed by atoms with Gasteiger partial charge >= 0.3 is 0 Å². The maximum atomic E-state index is 13.7. The van der Waals surface area contributed by atoms with Gasteiger partial charge in [-0.05, 0) is 18.6 Å². The van der Waals surface area contributed by atoms with E-state index in [-0.39, 0.29) is 22.5 Å². The molecule has 7 heteroatoms. The summed E-state index contributed by atoms with van der Waals surface area (Å²) < 4.78 is 39.1. The van der Waals surface area contributed by atoms with Gasteiger partial charge in [0, 0.05) is 19.1 Å². The predicted molar refractivity (Wildman–Crippen MR) is 62.8 cm³/mol. The number of benzene rings is 1. The quantitative estimate of drug-likeness (QED) is 0.884. The lowest BCUT2D eigenvalue weighted by Gasteiger charge is -2.16. The molecule has 1 saturated heterocycles. The highest BCUT2D eigenvalue weighted by Crippen LogP contribution is 2.26. The summed E-state index contributed by atoms with van der Waals surface area (Å²) in [7, 11) is -3.83. The van der Waals surface area contributed by atoms with Crippen molar-refractivity contribution in [1.82, 2.24) is 4.31 Å². The van der Waals surface area contributed by atoms with Crippen LogP contribution in [0, 0.1) is 5.82 Å². The minimum atomic E-state index is -3.83. The van der Waals surface area contributed by atoms with Crippen LogP contribution in [-0.4, -0.2) is 31.9 Å². The van der Waals surface area contributed by atoms with Gasteiger partial charge in [0.2, 0.25) is 10.0 Å². The predicted octanol–water partition coefficient (Wildman–Crippen LogP) is 1.20. The molecule has 1 fully saturated rings. The van der Waals surface area contributed by atoms with Crippen LogP contribution in [0.2, 0.25) is 5.02 Å². The Balaban J connectivity index is 2.42. The smallest absolute Gasteiger partial charge is 0.246 e. The van der Waals surface area contributed by atoms with Crippen LogP contribution in [0.4, 0.5) is 4.39 Å². The Kier molecular flexibility index (Phi) is 3.40. The summed E-state index contributed by atoms with van der Waals surface area (Å²) in [6, 6.07) is 3.74. The molecule has 1 aliphatic heterocycles. The number of nitrogens with two attached hydrogens (primary N) is 1. The van der Waals surface area contributed by atoms with Crippen LogP contribution < -0.4 is 5.73 Å². The van der Waals surface area contributed by atoms with Crippen LogP contribution in [0.15, 0.2) is 23.1 Å². The Morgan fingerprint density at radius 1 is 1.47 bits per heavy atom. The minimum Gasteiger partial charge on any atom is -0.326 e. The van der Waals surface area contributed by atoms with Gasteiger partial charge in [0.1, 0.15) is 4.90 Å². The first-order valence-corrected chi connectivity index (χ1v) is 6.94. The molecule has 94 valence electrons. The number of sulfonamides is 1. The van der Waals surface area contributed by atoms with E-state index in [1.54, 1.807) is 0 Å². The molecule has 4 nitrogen and oxygen atoms in total. The summed E-state index contributed by atoms with van der Waals surface area (Å²) in [5, 5.41) is -0.199. The highest BCUT2D eigenvalue weighted by molar-refractivity contribution is 7.89.